The van der Waals surface area contributed by atoms with Gasteiger partial charge < -0.3 is 15.1 Å². The molecule has 0 radical (unpaired) electrons. The fourth-order valence-corrected chi connectivity index (χ4v) is 2.87. The van der Waals surface area contributed by atoms with E-state index in [-0.39, 0.29) is 5.82 Å². The Hall–Kier alpha value is -1.69. The zero-order chi connectivity index (χ0) is 16.7. The molecule has 1 aromatic heterocycles. The Morgan fingerprint density at radius 2 is 2.13 bits per heavy atom. The molecule has 2 rings (SSSR count). The normalized spacial score (nSPS) is 11.9. The first-order chi connectivity index (χ1) is 11.2. The first-order valence-electron chi connectivity index (χ1n) is 7.76. The van der Waals surface area contributed by atoms with Gasteiger partial charge >= 0.3 is 0 Å². The van der Waals surface area contributed by atoms with E-state index in [1.165, 1.54) is 24.3 Å². The summed E-state index contributed by atoms with van der Waals surface area (Å²) >= 11 is 1.87. The zero-order valence-electron chi connectivity index (χ0n) is 13.9. The number of thioether (sulfide) groups is 1. The average Bonchev–Trinajstić information content (AvgIpc) is 2.86. The van der Waals surface area contributed by atoms with Crippen LogP contribution in [0.5, 0.6) is 0 Å². The number of fused-ring (bicyclic) bond motifs is 1. The van der Waals surface area contributed by atoms with Crippen LogP contribution in [0, 0.1) is 12.7 Å². The minimum absolute atomic E-state index is 0.247. The number of hydrogen-bond acceptors (Lipinski definition) is 3. The van der Waals surface area contributed by atoms with E-state index >= 15 is 0 Å². The van der Waals surface area contributed by atoms with Gasteiger partial charge in [-0.3, -0.25) is 4.99 Å². The molecular weight excluding hydrogens is 313 g/mol. The van der Waals surface area contributed by atoms with Gasteiger partial charge in [-0.2, -0.15) is 11.8 Å². The van der Waals surface area contributed by atoms with Crippen LogP contribution in [-0.2, 0) is 6.54 Å². The van der Waals surface area contributed by atoms with E-state index in [0.29, 0.717) is 12.1 Å². The summed E-state index contributed by atoms with van der Waals surface area (Å²) in [5.74, 6) is 2.49. The van der Waals surface area contributed by atoms with E-state index in [2.05, 4.69) is 21.9 Å². The van der Waals surface area contributed by atoms with Gasteiger partial charge in [-0.15, -0.1) is 0 Å². The Morgan fingerprint density at radius 3 is 2.87 bits per heavy atom. The molecule has 23 heavy (non-hydrogen) atoms. The largest absolute Gasteiger partial charge is 0.459 e. The second kappa shape index (κ2) is 8.82. The van der Waals surface area contributed by atoms with Crippen molar-refractivity contribution < 1.29 is 8.81 Å². The number of hydrogen-bond donors (Lipinski definition) is 2. The number of unbranched alkanes of at least 4 members (excludes halogenated alkanes) is 1. The molecule has 0 saturated heterocycles. The van der Waals surface area contributed by atoms with Gasteiger partial charge in [0.05, 0.1) is 6.54 Å². The van der Waals surface area contributed by atoms with Crippen LogP contribution in [0.1, 0.15) is 24.2 Å². The number of aryl methyl sites for hydroxylation is 1. The molecule has 2 N–H and O–H groups in total. The van der Waals surface area contributed by atoms with Gasteiger partial charge in [0.25, 0.3) is 0 Å². The van der Waals surface area contributed by atoms with Crippen molar-refractivity contribution >= 4 is 28.7 Å². The Balaban J connectivity index is 1.90. The number of nitrogens with one attached hydrogen (secondary N) is 2. The monoisotopic (exact) mass is 337 g/mol. The van der Waals surface area contributed by atoms with Gasteiger partial charge in [-0.1, -0.05) is 0 Å². The van der Waals surface area contributed by atoms with Crippen LogP contribution in [0.25, 0.3) is 11.0 Å². The molecule has 0 saturated carbocycles. The van der Waals surface area contributed by atoms with Crippen LogP contribution in [-0.4, -0.2) is 31.6 Å². The van der Waals surface area contributed by atoms with Crippen LogP contribution in [0.2, 0.25) is 0 Å². The lowest BCUT2D eigenvalue weighted by Gasteiger charge is -2.11. The third kappa shape index (κ3) is 4.89. The van der Waals surface area contributed by atoms with Crippen LogP contribution in [0.4, 0.5) is 4.39 Å². The van der Waals surface area contributed by atoms with Crippen molar-refractivity contribution in [1.29, 1.82) is 0 Å². The zero-order valence-corrected chi connectivity index (χ0v) is 14.7. The molecule has 6 heteroatoms. The van der Waals surface area contributed by atoms with Crippen molar-refractivity contribution in [3.8, 4) is 0 Å². The molecule has 0 aliphatic carbocycles. The highest BCUT2D eigenvalue weighted by Gasteiger charge is 2.11. The molecule has 126 valence electrons. The van der Waals surface area contributed by atoms with Gasteiger partial charge in [0.1, 0.15) is 17.2 Å². The van der Waals surface area contributed by atoms with Gasteiger partial charge in [0.2, 0.25) is 0 Å². The lowest BCUT2D eigenvalue weighted by atomic mass is 10.1. The molecule has 0 aliphatic heterocycles. The lowest BCUT2D eigenvalue weighted by molar-refractivity contribution is 0.533. The summed E-state index contributed by atoms with van der Waals surface area (Å²) in [5, 5.41) is 7.35. The van der Waals surface area contributed by atoms with Gasteiger partial charge in [-0.05, 0) is 50.0 Å². The predicted molar refractivity (Wildman–Crippen MR) is 96.7 cm³/mol. The number of furan rings is 1. The number of nitrogens with zero attached hydrogens (tertiary/aromatic N) is 1. The Kier molecular flexibility index (Phi) is 6.77. The van der Waals surface area contributed by atoms with E-state index in [1.54, 1.807) is 13.1 Å². The standard InChI is InChI=1S/C17H24FN3OS/c1-12-14-10-13(18)6-7-15(14)22-16(12)11-21-17(19-2)20-8-4-5-9-23-3/h6-7,10H,4-5,8-9,11H2,1-3H3,(H2,19,20,21). The maximum absolute atomic E-state index is 13.3. The summed E-state index contributed by atoms with van der Waals surface area (Å²) in [6, 6.07) is 4.59. The van der Waals surface area contributed by atoms with Gasteiger partial charge in [0.15, 0.2) is 5.96 Å². The number of guanidine groups is 1. The first kappa shape index (κ1) is 17.7. The van der Waals surface area contributed by atoms with Gasteiger partial charge in [-0.25, -0.2) is 4.39 Å². The SMILES string of the molecule is CN=C(NCCCCSC)NCc1oc2ccc(F)cc2c1C. The van der Waals surface area contributed by atoms with Crippen molar-refractivity contribution in [1.82, 2.24) is 10.6 Å². The minimum atomic E-state index is -0.247. The van der Waals surface area contributed by atoms with Crippen molar-refractivity contribution in [2.24, 2.45) is 4.99 Å². The molecule has 0 spiro atoms. The summed E-state index contributed by atoms with van der Waals surface area (Å²) < 4.78 is 19.1. The van der Waals surface area contributed by atoms with Crippen molar-refractivity contribution in [3.63, 3.8) is 0 Å². The third-order valence-corrected chi connectivity index (χ3v) is 4.40. The lowest BCUT2D eigenvalue weighted by Crippen LogP contribution is -2.37. The highest BCUT2D eigenvalue weighted by atomic mass is 32.2. The van der Waals surface area contributed by atoms with E-state index < -0.39 is 0 Å². The predicted octanol–water partition coefficient (Wildman–Crippen LogP) is 3.69. The maximum atomic E-state index is 13.3. The minimum Gasteiger partial charge on any atom is -0.459 e. The van der Waals surface area contributed by atoms with Crippen LogP contribution in [0.3, 0.4) is 0 Å². The summed E-state index contributed by atoms with van der Waals surface area (Å²) in [6.07, 6.45) is 4.43. The Bertz CT molecular complexity index is 669. The molecule has 2 aromatic rings. The van der Waals surface area contributed by atoms with E-state index in [0.717, 1.165) is 35.6 Å². The van der Waals surface area contributed by atoms with Crippen molar-refractivity contribution in [2.75, 3.05) is 25.6 Å². The number of rotatable bonds is 7. The summed E-state index contributed by atoms with van der Waals surface area (Å²) in [5.41, 5.74) is 1.67. The number of benzene rings is 1. The fourth-order valence-electron chi connectivity index (χ4n) is 2.38. The van der Waals surface area contributed by atoms with E-state index in [4.69, 9.17) is 4.42 Å². The van der Waals surface area contributed by atoms with Crippen molar-refractivity contribution in [2.45, 2.75) is 26.3 Å². The second-order valence-corrected chi connectivity index (χ2v) is 6.33. The molecule has 0 fully saturated rings. The molecule has 1 heterocycles. The molecule has 0 bridgehead atoms. The molecule has 1 aromatic carbocycles. The van der Waals surface area contributed by atoms with Crippen LogP contribution < -0.4 is 10.6 Å². The fraction of sp³-hybridized carbons (Fsp3) is 0.471. The molecule has 0 aliphatic rings. The topological polar surface area (TPSA) is 49.6 Å². The second-order valence-electron chi connectivity index (χ2n) is 5.34. The van der Waals surface area contributed by atoms with Crippen LogP contribution >= 0.6 is 11.8 Å². The van der Waals surface area contributed by atoms with E-state index in [9.17, 15) is 4.39 Å². The molecule has 0 atom stereocenters. The Morgan fingerprint density at radius 1 is 1.30 bits per heavy atom. The molecule has 4 nitrogen and oxygen atoms in total. The summed E-state index contributed by atoms with van der Waals surface area (Å²) in [7, 11) is 1.75. The highest BCUT2D eigenvalue weighted by molar-refractivity contribution is 7.98. The average molecular weight is 337 g/mol. The third-order valence-electron chi connectivity index (χ3n) is 3.70. The number of halogens is 1. The summed E-state index contributed by atoms with van der Waals surface area (Å²) in [6.45, 7) is 3.36. The molecule has 0 unspecified atom stereocenters. The van der Waals surface area contributed by atoms with Crippen molar-refractivity contribution in [3.05, 3.63) is 35.3 Å². The van der Waals surface area contributed by atoms with Gasteiger partial charge in [0, 0.05) is 24.5 Å². The summed E-state index contributed by atoms with van der Waals surface area (Å²) in [4.78, 5) is 4.21. The molecular formula is C17H24FN3OS. The maximum Gasteiger partial charge on any atom is 0.191 e. The first-order valence-corrected chi connectivity index (χ1v) is 9.16. The Labute approximate surface area is 140 Å². The quantitative estimate of drug-likeness (QED) is 0.460. The highest BCUT2D eigenvalue weighted by Crippen LogP contribution is 2.25. The smallest absolute Gasteiger partial charge is 0.191 e. The van der Waals surface area contributed by atoms with E-state index in [1.807, 2.05) is 18.7 Å². The number of aliphatic imine (C=N–C) groups is 1. The van der Waals surface area contributed by atoms with Crippen LogP contribution in [0.15, 0.2) is 27.6 Å². The molecule has 0 amide bonds.